The van der Waals surface area contributed by atoms with Gasteiger partial charge in [-0.2, -0.15) is 0 Å². The minimum atomic E-state index is 0.288. The van der Waals surface area contributed by atoms with Crippen molar-refractivity contribution < 1.29 is 5.11 Å². The van der Waals surface area contributed by atoms with Gasteiger partial charge in [-0.05, 0) is 30.4 Å². The summed E-state index contributed by atoms with van der Waals surface area (Å²) >= 11 is 5.72. The number of halogens is 1. The Morgan fingerprint density at radius 1 is 1.44 bits per heavy atom. The van der Waals surface area contributed by atoms with Gasteiger partial charge in [0.05, 0.1) is 0 Å². The topological polar surface area (TPSA) is 45.1 Å². The lowest BCUT2D eigenvalue weighted by Crippen LogP contribution is -2.33. The maximum atomic E-state index is 9.20. The zero-order valence-corrected chi connectivity index (χ0v) is 9.95. The molecule has 16 heavy (non-hydrogen) atoms. The van der Waals surface area contributed by atoms with Crippen LogP contribution in [0.1, 0.15) is 24.8 Å². The van der Waals surface area contributed by atoms with Crippen molar-refractivity contribution in [3.05, 3.63) is 29.0 Å². The average molecular weight is 241 g/mol. The van der Waals surface area contributed by atoms with Crippen LogP contribution in [-0.2, 0) is 6.54 Å². The number of rotatable bonds is 4. The summed E-state index contributed by atoms with van der Waals surface area (Å²) in [7, 11) is 0. The third-order valence-corrected chi connectivity index (χ3v) is 3.47. The Labute approximate surface area is 101 Å². The highest BCUT2D eigenvalue weighted by Gasteiger charge is 2.25. The summed E-state index contributed by atoms with van der Waals surface area (Å²) < 4.78 is 0. The van der Waals surface area contributed by atoms with Crippen molar-refractivity contribution in [3.63, 3.8) is 0 Å². The molecule has 1 aliphatic carbocycles. The first kappa shape index (κ1) is 11.8. The van der Waals surface area contributed by atoms with Crippen LogP contribution in [-0.4, -0.2) is 22.7 Å². The van der Waals surface area contributed by atoms with E-state index in [1.165, 1.54) is 6.42 Å². The Morgan fingerprint density at radius 2 is 2.31 bits per heavy atom. The van der Waals surface area contributed by atoms with Gasteiger partial charge in [0, 0.05) is 25.4 Å². The molecule has 4 heteroatoms. The van der Waals surface area contributed by atoms with Gasteiger partial charge in [-0.1, -0.05) is 24.1 Å². The SMILES string of the molecule is OCC1CCCC1NCc1ccc(Cl)nc1. The van der Waals surface area contributed by atoms with Crippen LogP contribution < -0.4 is 5.32 Å². The number of hydrogen-bond acceptors (Lipinski definition) is 3. The van der Waals surface area contributed by atoms with Crippen LogP contribution in [0.2, 0.25) is 5.15 Å². The van der Waals surface area contributed by atoms with Gasteiger partial charge < -0.3 is 10.4 Å². The van der Waals surface area contributed by atoms with Gasteiger partial charge >= 0.3 is 0 Å². The smallest absolute Gasteiger partial charge is 0.129 e. The fourth-order valence-electron chi connectivity index (χ4n) is 2.28. The van der Waals surface area contributed by atoms with Crippen molar-refractivity contribution in [1.29, 1.82) is 0 Å². The second-order valence-corrected chi connectivity index (χ2v) is 4.74. The Balaban J connectivity index is 1.85. The summed E-state index contributed by atoms with van der Waals surface area (Å²) in [5.41, 5.74) is 1.13. The standard InChI is InChI=1S/C12H17ClN2O/c13-12-5-4-9(7-15-12)6-14-11-3-1-2-10(11)8-16/h4-5,7,10-11,14,16H,1-3,6,8H2. The predicted octanol–water partition coefficient (Wildman–Crippen LogP) is 1.99. The molecular weight excluding hydrogens is 224 g/mol. The summed E-state index contributed by atoms with van der Waals surface area (Å²) in [6, 6.07) is 4.22. The van der Waals surface area contributed by atoms with Crippen molar-refractivity contribution in [1.82, 2.24) is 10.3 Å². The lowest BCUT2D eigenvalue weighted by Gasteiger charge is -2.18. The fraction of sp³-hybridized carbons (Fsp3) is 0.583. The maximum Gasteiger partial charge on any atom is 0.129 e. The lowest BCUT2D eigenvalue weighted by molar-refractivity contribution is 0.205. The Kier molecular flexibility index (Phi) is 4.16. The molecule has 1 aromatic heterocycles. The highest BCUT2D eigenvalue weighted by Crippen LogP contribution is 2.25. The Bertz CT molecular complexity index is 328. The highest BCUT2D eigenvalue weighted by atomic mass is 35.5. The number of aliphatic hydroxyl groups is 1. The third-order valence-electron chi connectivity index (χ3n) is 3.25. The molecule has 0 aromatic carbocycles. The normalized spacial score (nSPS) is 24.9. The van der Waals surface area contributed by atoms with Gasteiger partial charge in [0.2, 0.25) is 0 Å². The van der Waals surface area contributed by atoms with Crippen molar-refractivity contribution in [2.45, 2.75) is 31.8 Å². The van der Waals surface area contributed by atoms with Crippen LogP contribution >= 0.6 is 11.6 Å². The van der Waals surface area contributed by atoms with E-state index in [-0.39, 0.29) is 6.61 Å². The molecule has 0 saturated heterocycles. The number of aromatic nitrogens is 1. The first-order valence-electron chi connectivity index (χ1n) is 5.74. The minimum absolute atomic E-state index is 0.288. The van der Waals surface area contributed by atoms with E-state index < -0.39 is 0 Å². The van der Waals surface area contributed by atoms with Crippen LogP contribution in [0.5, 0.6) is 0 Å². The first-order valence-corrected chi connectivity index (χ1v) is 6.12. The molecule has 2 rings (SSSR count). The molecular formula is C12H17ClN2O. The molecule has 2 atom stereocenters. The summed E-state index contributed by atoms with van der Waals surface area (Å²) in [5.74, 6) is 0.417. The van der Waals surface area contributed by atoms with Crippen LogP contribution in [0, 0.1) is 5.92 Å². The zero-order valence-electron chi connectivity index (χ0n) is 9.19. The van der Waals surface area contributed by atoms with E-state index >= 15 is 0 Å². The first-order chi connectivity index (χ1) is 7.79. The summed E-state index contributed by atoms with van der Waals surface area (Å²) in [4.78, 5) is 4.04. The van der Waals surface area contributed by atoms with Crippen molar-refractivity contribution >= 4 is 11.6 Å². The quantitative estimate of drug-likeness (QED) is 0.792. The fourth-order valence-corrected chi connectivity index (χ4v) is 2.40. The lowest BCUT2D eigenvalue weighted by atomic mass is 10.0. The molecule has 1 fully saturated rings. The van der Waals surface area contributed by atoms with Gasteiger partial charge in [0.1, 0.15) is 5.15 Å². The van der Waals surface area contributed by atoms with Crippen LogP contribution in [0.4, 0.5) is 0 Å². The molecule has 1 aliphatic rings. The number of hydrogen-bond donors (Lipinski definition) is 2. The molecule has 0 bridgehead atoms. The number of nitrogens with zero attached hydrogens (tertiary/aromatic N) is 1. The monoisotopic (exact) mass is 240 g/mol. The zero-order chi connectivity index (χ0) is 11.4. The molecule has 1 heterocycles. The van der Waals surface area contributed by atoms with Crippen molar-refractivity contribution in [3.8, 4) is 0 Å². The average Bonchev–Trinajstić information content (AvgIpc) is 2.76. The van der Waals surface area contributed by atoms with Gasteiger partial charge in [-0.3, -0.25) is 0 Å². The molecule has 1 saturated carbocycles. The molecule has 3 nitrogen and oxygen atoms in total. The molecule has 0 spiro atoms. The van der Waals surface area contributed by atoms with Crippen LogP contribution in [0.15, 0.2) is 18.3 Å². The van der Waals surface area contributed by atoms with Gasteiger partial charge in [0.15, 0.2) is 0 Å². The van der Waals surface area contributed by atoms with Crippen molar-refractivity contribution in [2.24, 2.45) is 5.92 Å². The molecule has 1 aromatic rings. The summed E-state index contributed by atoms with van der Waals surface area (Å²) in [6.45, 7) is 1.09. The van der Waals surface area contributed by atoms with E-state index in [0.29, 0.717) is 17.1 Å². The molecule has 0 aliphatic heterocycles. The Morgan fingerprint density at radius 3 is 3.00 bits per heavy atom. The maximum absolute atomic E-state index is 9.20. The number of pyridine rings is 1. The van der Waals surface area contributed by atoms with Crippen molar-refractivity contribution in [2.75, 3.05) is 6.61 Å². The van der Waals surface area contributed by atoms with Crippen LogP contribution in [0.3, 0.4) is 0 Å². The second-order valence-electron chi connectivity index (χ2n) is 4.35. The molecule has 2 unspecified atom stereocenters. The summed E-state index contributed by atoms with van der Waals surface area (Å²) in [6.07, 6.45) is 5.29. The van der Waals surface area contributed by atoms with Gasteiger partial charge in [-0.25, -0.2) is 4.98 Å². The Hall–Kier alpha value is -0.640. The van der Waals surface area contributed by atoms with E-state index in [1.807, 2.05) is 6.07 Å². The second kappa shape index (κ2) is 5.62. The predicted molar refractivity (Wildman–Crippen MR) is 64.3 cm³/mol. The van der Waals surface area contributed by atoms with E-state index in [9.17, 15) is 5.11 Å². The van der Waals surface area contributed by atoms with E-state index in [2.05, 4.69) is 10.3 Å². The molecule has 2 N–H and O–H groups in total. The van der Waals surface area contributed by atoms with Gasteiger partial charge in [0.25, 0.3) is 0 Å². The number of aliphatic hydroxyl groups excluding tert-OH is 1. The van der Waals surface area contributed by atoms with E-state index in [0.717, 1.165) is 24.9 Å². The minimum Gasteiger partial charge on any atom is -0.396 e. The summed E-state index contributed by atoms with van der Waals surface area (Å²) in [5, 5.41) is 13.2. The van der Waals surface area contributed by atoms with Crippen LogP contribution in [0.25, 0.3) is 0 Å². The third kappa shape index (κ3) is 2.94. The molecule has 0 amide bonds. The molecule has 0 radical (unpaired) electrons. The molecule has 88 valence electrons. The number of nitrogens with one attached hydrogen (secondary N) is 1. The van der Waals surface area contributed by atoms with E-state index in [4.69, 9.17) is 11.6 Å². The van der Waals surface area contributed by atoms with E-state index in [1.54, 1.807) is 12.3 Å². The van der Waals surface area contributed by atoms with Gasteiger partial charge in [-0.15, -0.1) is 0 Å². The largest absolute Gasteiger partial charge is 0.396 e. The highest BCUT2D eigenvalue weighted by molar-refractivity contribution is 6.29.